The normalized spacial score (nSPS) is 22.1. The molecule has 1 aromatic carbocycles. The van der Waals surface area contributed by atoms with Gasteiger partial charge in [0.1, 0.15) is 6.04 Å². The Balaban J connectivity index is 1.62. The lowest BCUT2D eigenvalue weighted by atomic mass is 9.97. The number of aryl methyl sites for hydroxylation is 1. The van der Waals surface area contributed by atoms with E-state index in [1.54, 1.807) is 16.7 Å². The molecule has 7 nitrogen and oxygen atoms in total. The molecular formula is C21H29N3O4. The first kappa shape index (κ1) is 20.2. The lowest BCUT2D eigenvalue weighted by Gasteiger charge is -2.35. The number of esters is 1. The third kappa shape index (κ3) is 4.64. The van der Waals surface area contributed by atoms with Gasteiger partial charge in [0.2, 0.25) is 5.91 Å². The molecule has 0 saturated carbocycles. The first-order valence-corrected chi connectivity index (χ1v) is 10.1. The quantitative estimate of drug-likeness (QED) is 0.806. The third-order valence-corrected chi connectivity index (χ3v) is 5.45. The zero-order valence-electron chi connectivity index (χ0n) is 16.6. The zero-order chi connectivity index (χ0) is 20.1. The summed E-state index contributed by atoms with van der Waals surface area (Å²) in [6.07, 6.45) is 2.97. The molecule has 0 radical (unpaired) electrons. The molecule has 2 aliphatic rings. The molecule has 28 heavy (non-hydrogen) atoms. The Hall–Kier alpha value is -2.57. The number of anilines is 1. The van der Waals surface area contributed by atoms with Crippen LogP contribution < -0.4 is 5.32 Å². The van der Waals surface area contributed by atoms with Crippen molar-refractivity contribution in [2.75, 3.05) is 31.6 Å². The minimum absolute atomic E-state index is 0.0643. The molecule has 152 valence electrons. The SMILES string of the molecule is CCOC(=O)C1CCCN(C(=O)C2CCCN2C(=O)Nc2ccc(C)cc2)C1. The molecule has 2 saturated heterocycles. The molecule has 3 amide bonds. The first-order valence-electron chi connectivity index (χ1n) is 10.1. The standard InChI is InChI=1S/C21H29N3O4/c1-3-28-20(26)16-6-4-12-23(14-16)19(25)18-7-5-13-24(18)21(27)22-17-10-8-15(2)9-11-17/h8-11,16,18H,3-7,12-14H2,1-2H3,(H,22,27). The number of urea groups is 1. The maximum atomic E-state index is 13.1. The number of rotatable bonds is 4. The van der Waals surface area contributed by atoms with Crippen LogP contribution >= 0.6 is 0 Å². The van der Waals surface area contributed by atoms with Crippen molar-refractivity contribution in [3.63, 3.8) is 0 Å². The van der Waals surface area contributed by atoms with Gasteiger partial charge in [-0.3, -0.25) is 9.59 Å². The van der Waals surface area contributed by atoms with Crippen LogP contribution in [0.1, 0.15) is 38.2 Å². The highest BCUT2D eigenvalue weighted by Crippen LogP contribution is 2.25. The molecule has 3 rings (SSSR count). The molecule has 0 spiro atoms. The Labute approximate surface area is 166 Å². The van der Waals surface area contributed by atoms with Crippen LogP contribution in [0.2, 0.25) is 0 Å². The van der Waals surface area contributed by atoms with Crippen molar-refractivity contribution >= 4 is 23.6 Å². The van der Waals surface area contributed by atoms with Crippen molar-refractivity contribution in [1.82, 2.24) is 9.80 Å². The molecule has 2 unspecified atom stereocenters. The zero-order valence-corrected chi connectivity index (χ0v) is 16.6. The van der Waals surface area contributed by atoms with Crippen molar-refractivity contribution in [2.24, 2.45) is 5.92 Å². The predicted molar refractivity (Wildman–Crippen MR) is 106 cm³/mol. The number of likely N-dealkylation sites (tertiary alicyclic amines) is 2. The highest BCUT2D eigenvalue weighted by Gasteiger charge is 2.39. The average molecular weight is 387 g/mol. The van der Waals surface area contributed by atoms with Crippen LogP contribution in [0.5, 0.6) is 0 Å². The molecule has 2 atom stereocenters. The predicted octanol–water partition coefficient (Wildman–Crippen LogP) is 2.79. The maximum Gasteiger partial charge on any atom is 0.322 e. The molecule has 2 fully saturated rings. The minimum Gasteiger partial charge on any atom is -0.466 e. The Kier molecular flexibility index (Phi) is 6.54. The fraction of sp³-hybridized carbons (Fsp3) is 0.571. The largest absolute Gasteiger partial charge is 0.466 e. The van der Waals surface area contributed by atoms with Crippen molar-refractivity contribution < 1.29 is 19.1 Å². The van der Waals surface area contributed by atoms with Gasteiger partial charge in [0.15, 0.2) is 0 Å². The number of carbonyl (C=O) groups excluding carboxylic acids is 3. The fourth-order valence-corrected chi connectivity index (χ4v) is 3.94. The molecule has 7 heteroatoms. The molecule has 0 aliphatic carbocycles. The van der Waals surface area contributed by atoms with E-state index < -0.39 is 6.04 Å². The minimum atomic E-state index is -0.466. The van der Waals surface area contributed by atoms with Gasteiger partial charge in [-0.25, -0.2) is 4.79 Å². The number of hydrogen-bond donors (Lipinski definition) is 1. The lowest BCUT2D eigenvalue weighted by molar-refractivity contribution is -0.151. The monoisotopic (exact) mass is 387 g/mol. The summed E-state index contributed by atoms with van der Waals surface area (Å²) in [5.41, 5.74) is 1.84. The number of nitrogens with zero attached hydrogens (tertiary/aromatic N) is 2. The van der Waals surface area contributed by atoms with Gasteiger partial charge in [0, 0.05) is 25.3 Å². The van der Waals surface area contributed by atoms with Crippen LogP contribution in [0, 0.1) is 12.8 Å². The summed E-state index contributed by atoms with van der Waals surface area (Å²) < 4.78 is 5.12. The van der Waals surface area contributed by atoms with E-state index in [2.05, 4.69) is 5.32 Å². The Bertz CT molecular complexity index is 719. The van der Waals surface area contributed by atoms with E-state index in [-0.39, 0.29) is 23.8 Å². The lowest BCUT2D eigenvalue weighted by Crippen LogP contribution is -2.52. The summed E-state index contributed by atoms with van der Waals surface area (Å²) in [6.45, 7) is 5.68. The van der Waals surface area contributed by atoms with Gasteiger partial charge < -0.3 is 19.9 Å². The first-order chi connectivity index (χ1) is 13.5. The second-order valence-corrected chi connectivity index (χ2v) is 7.52. The molecule has 2 aliphatic heterocycles. The van der Waals surface area contributed by atoms with E-state index in [1.807, 2.05) is 31.2 Å². The van der Waals surface area contributed by atoms with E-state index in [4.69, 9.17) is 4.74 Å². The van der Waals surface area contributed by atoms with E-state index >= 15 is 0 Å². The van der Waals surface area contributed by atoms with Gasteiger partial charge in [0.25, 0.3) is 0 Å². The van der Waals surface area contributed by atoms with Crippen molar-refractivity contribution in [3.8, 4) is 0 Å². The summed E-state index contributed by atoms with van der Waals surface area (Å²) in [4.78, 5) is 41.2. The third-order valence-electron chi connectivity index (χ3n) is 5.45. The topological polar surface area (TPSA) is 79.0 Å². The van der Waals surface area contributed by atoms with Crippen LogP contribution in [-0.2, 0) is 14.3 Å². The summed E-state index contributed by atoms with van der Waals surface area (Å²) in [5.74, 6) is -0.570. The number of carbonyl (C=O) groups is 3. The van der Waals surface area contributed by atoms with Gasteiger partial charge in [-0.1, -0.05) is 17.7 Å². The summed E-state index contributed by atoms with van der Waals surface area (Å²) in [6, 6.07) is 6.87. The molecule has 2 heterocycles. The van der Waals surface area contributed by atoms with Gasteiger partial charge in [-0.2, -0.15) is 0 Å². The second kappa shape index (κ2) is 9.08. The number of amides is 3. The molecule has 0 bridgehead atoms. The van der Waals surface area contributed by atoms with Crippen LogP contribution in [0.25, 0.3) is 0 Å². The van der Waals surface area contributed by atoms with Gasteiger partial charge in [-0.05, 0) is 51.7 Å². The van der Waals surface area contributed by atoms with E-state index in [0.29, 0.717) is 38.3 Å². The molecule has 1 aromatic rings. The highest BCUT2D eigenvalue weighted by atomic mass is 16.5. The second-order valence-electron chi connectivity index (χ2n) is 7.52. The Morgan fingerprint density at radius 1 is 1.11 bits per heavy atom. The maximum absolute atomic E-state index is 13.1. The fourth-order valence-electron chi connectivity index (χ4n) is 3.94. The van der Waals surface area contributed by atoms with Gasteiger partial charge in [-0.15, -0.1) is 0 Å². The molecular weight excluding hydrogens is 358 g/mol. The van der Waals surface area contributed by atoms with Crippen LogP contribution in [0.3, 0.4) is 0 Å². The molecule has 1 N–H and O–H groups in total. The summed E-state index contributed by atoms with van der Waals surface area (Å²) >= 11 is 0. The number of piperidine rings is 1. The van der Waals surface area contributed by atoms with Crippen LogP contribution in [0.4, 0.5) is 10.5 Å². The smallest absolute Gasteiger partial charge is 0.322 e. The van der Waals surface area contributed by atoms with E-state index in [0.717, 1.165) is 24.8 Å². The van der Waals surface area contributed by atoms with Gasteiger partial charge >= 0.3 is 12.0 Å². The van der Waals surface area contributed by atoms with E-state index in [9.17, 15) is 14.4 Å². The average Bonchev–Trinajstić information content (AvgIpc) is 3.19. The Morgan fingerprint density at radius 3 is 2.54 bits per heavy atom. The number of benzene rings is 1. The number of nitrogens with one attached hydrogen (secondary N) is 1. The highest BCUT2D eigenvalue weighted by molar-refractivity contribution is 5.94. The Morgan fingerprint density at radius 2 is 1.82 bits per heavy atom. The summed E-state index contributed by atoms with van der Waals surface area (Å²) in [7, 11) is 0. The summed E-state index contributed by atoms with van der Waals surface area (Å²) in [5, 5.41) is 2.88. The van der Waals surface area contributed by atoms with E-state index in [1.165, 1.54) is 0 Å². The van der Waals surface area contributed by atoms with Crippen molar-refractivity contribution in [1.29, 1.82) is 0 Å². The van der Waals surface area contributed by atoms with Crippen LogP contribution in [0.15, 0.2) is 24.3 Å². The van der Waals surface area contributed by atoms with Gasteiger partial charge in [0.05, 0.1) is 12.5 Å². The number of ether oxygens (including phenoxy) is 1. The van der Waals surface area contributed by atoms with Crippen LogP contribution in [-0.4, -0.2) is 60.0 Å². The van der Waals surface area contributed by atoms with Crippen molar-refractivity contribution in [3.05, 3.63) is 29.8 Å². The van der Waals surface area contributed by atoms with Crippen molar-refractivity contribution in [2.45, 2.75) is 45.6 Å². The molecule has 0 aromatic heterocycles. The number of hydrogen-bond acceptors (Lipinski definition) is 4.